The zero-order chi connectivity index (χ0) is 16.4. The summed E-state index contributed by atoms with van der Waals surface area (Å²) in [7, 11) is 0. The van der Waals surface area contributed by atoms with E-state index in [9.17, 15) is 14.7 Å². The first kappa shape index (κ1) is 15.9. The number of amides is 3. The second-order valence-corrected chi connectivity index (χ2v) is 6.19. The van der Waals surface area contributed by atoms with Gasteiger partial charge in [0.25, 0.3) is 0 Å². The molecule has 8 heteroatoms. The first-order chi connectivity index (χ1) is 11.0. The van der Waals surface area contributed by atoms with E-state index in [1.165, 1.54) is 0 Å². The third-order valence-corrected chi connectivity index (χ3v) is 4.44. The molecule has 3 rings (SSSR count). The van der Waals surface area contributed by atoms with Gasteiger partial charge >= 0.3 is 6.03 Å². The minimum absolute atomic E-state index is 0.0343. The van der Waals surface area contributed by atoms with Crippen LogP contribution in [-0.2, 0) is 4.79 Å². The topological polar surface area (TPSA) is 93.7 Å². The number of halogens is 1. The van der Waals surface area contributed by atoms with Crippen molar-refractivity contribution in [3.8, 4) is 0 Å². The summed E-state index contributed by atoms with van der Waals surface area (Å²) in [5.41, 5.74) is 1.33. The molecule has 2 unspecified atom stereocenters. The number of benzene rings is 1. The fraction of sp³-hybridized carbons (Fsp3) is 0.467. The average molecular weight is 339 g/mol. The van der Waals surface area contributed by atoms with Crippen molar-refractivity contribution in [2.24, 2.45) is 0 Å². The molecular weight excluding hydrogens is 320 g/mol. The summed E-state index contributed by atoms with van der Waals surface area (Å²) >= 11 is 6.28. The van der Waals surface area contributed by atoms with Crippen LogP contribution in [0.4, 0.5) is 16.2 Å². The van der Waals surface area contributed by atoms with Crippen LogP contribution in [0.1, 0.15) is 12.8 Å². The highest BCUT2D eigenvalue weighted by Gasteiger charge is 2.30. The van der Waals surface area contributed by atoms with Crippen molar-refractivity contribution in [2.75, 3.05) is 29.9 Å². The molecule has 1 saturated heterocycles. The van der Waals surface area contributed by atoms with Gasteiger partial charge in [-0.3, -0.25) is 4.79 Å². The third-order valence-electron chi connectivity index (χ3n) is 4.14. The number of anilines is 2. The van der Waals surface area contributed by atoms with Gasteiger partial charge < -0.3 is 26.0 Å². The number of piperazine rings is 1. The zero-order valence-electron chi connectivity index (χ0n) is 12.5. The van der Waals surface area contributed by atoms with Crippen LogP contribution in [0.5, 0.6) is 0 Å². The molecule has 0 aromatic heterocycles. The van der Waals surface area contributed by atoms with Crippen molar-refractivity contribution in [1.29, 1.82) is 0 Å². The summed E-state index contributed by atoms with van der Waals surface area (Å²) in [5.74, 6) is -0.0343. The van der Waals surface area contributed by atoms with E-state index in [0.717, 1.165) is 18.5 Å². The number of carbonyl (C=O) groups excluding carboxylic acids is 2. The van der Waals surface area contributed by atoms with E-state index >= 15 is 0 Å². The SMILES string of the molecule is O=C1CN(c2ccc(NC(=O)NC3CCC3O)cc2Cl)CCN1. The van der Waals surface area contributed by atoms with Gasteiger partial charge in [0, 0.05) is 18.8 Å². The van der Waals surface area contributed by atoms with E-state index in [-0.39, 0.29) is 24.5 Å². The van der Waals surface area contributed by atoms with E-state index in [2.05, 4.69) is 16.0 Å². The first-order valence-corrected chi connectivity index (χ1v) is 7.97. The Labute approximate surface area is 139 Å². The Morgan fingerprint density at radius 1 is 1.39 bits per heavy atom. The van der Waals surface area contributed by atoms with Crippen molar-refractivity contribution in [3.05, 3.63) is 23.2 Å². The minimum atomic E-state index is -0.461. The van der Waals surface area contributed by atoms with E-state index in [1.54, 1.807) is 18.2 Å². The summed E-state index contributed by atoms with van der Waals surface area (Å²) in [6.07, 6.45) is 1.04. The lowest BCUT2D eigenvalue weighted by molar-refractivity contribution is -0.120. The maximum atomic E-state index is 11.9. The number of aliphatic hydroxyl groups is 1. The standard InChI is InChI=1S/C15H19ClN4O3/c16-10-7-9(18-15(23)19-11-2-4-13(11)21)1-3-12(10)20-6-5-17-14(22)8-20/h1,3,7,11,13,21H,2,4-6,8H2,(H,17,22)(H2,18,19,23). The highest BCUT2D eigenvalue weighted by atomic mass is 35.5. The Morgan fingerprint density at radius 2 is 2.22 bits per heavy atom. The van der Waals surface area contributed by atoms with Gasteiger partial charge in [0.15, 0.2) is 0 Å². The molecule has 1 aromatic rings. The Morgan fingerprint density at radius 3 is 2.83 bits per heavy atom. The lowest BCUT2D eigenvalue weighted by atomic mass is 9.89. The summed E-state index contributed by atoms with van der Waals surface area (Å²) in [5, 5.41) is 18.1. The van der Waals surface area contributed by atoms with E-state index in [0.29, 0.717) is 23.8 Å². The van der Waals surface area contributed by atoms with Gasteiger partial charge in [-0.15, -0.1) is 0 Å². The quantitative estimate of drug-likeness (QED) is 0.659. The molecular formula is C15H19ClN4O3. The smallest absolute Gasteiger partial charge is 0.319 e. The predicted octanol–water partition coefficient (Wildman–Crippen LogP) is 0.921. The maximum absolute atomic E-state index is 11.9. The fourth-order valence-corrected chi connectivity index (χ4v) is 2.97. The summed E-state index contributed by atoms with van der Waals surface area (Å²) in [4.78, 5) is 25.2. The van der Waals surface area contributed by atoms with Crippen molar-refractivity contribution in [2.45, 2.75) is 25.0 Å². The minimum Gasteiger partial charge on any atom is -0.391 e. The van der Waals surface area contributed by atoms with Gasteiger partial charge in [-0.05, 0) is 31.0 Å². The number of nitrogens with one attached hydrogen (secondary N) is 3. The number of hydrogen-bond acceptors (Lipinski definition) is 4. The molecule has 3 amide bonds. The van der Waals surface area contributed by atoms with Gasteiger partial charge in [0.05, 0.1) is 29.4 Å². The Bertz CT molecular complexity index is 625. The van der Waals surface area contributed by atoms with E-state index in [4.69, 9.17) is 11.6 Å². The molecule has 23 heavy (non-hydrogen) atoms. The Kier molecular flexibility index (Phi) is 4.58. The molecule has 2 fully saturated rings. The summed E-state index contributed by atoms with van der Waals surface area (Å²) in [6, 6.07) is 4.63. The summed E-state index contributed by atoms with van der Waals surface area (Å²) < 4.78 is 0. The van der Waals surface area contributed by atoms with Gasteiger partial charge in [-0.25, -0.2) is 4.79 Å². The van der Waals surface area contributed by atoms with Gasteiger partial charge in [0.2, 0.25) is 5.91 Å². The number of hydrogen-bond donors (Lipinski definition) is 4. The molecule has 1 saturated carbocycles. The van der Waals surface area contributed by atoms with Crippen LogP contribution >= 0.6 is 11.6 Å². The fourth-order valence-electron chi connectivity index (χ4n) is 2.67. The molecule has 7 nitrogen and oxygen atoms in total. The zero-order valence-corrected chi connectivity index (χ0v) is 13.3. The molecule has 124 valence electrons. The molecule has 0 radical (unpaired) electrons. The molecule has 1 heterocycles. The van der Waals surface area contributed by atoms with Crippen LogP contribution in [0.25, 0.3) is 0 Å². The van der Waals surface area contributed by atoms with Gasteiger partial charge in [0.1, 0.15) is 0 Å². The van der Waals surface area contributed by atoms with Crippen LogP contribution in [-0.4, -0.2) is 48.8 Å². The molecule has 2 aliphatic rings. The lowest BCUT2D eigenvalue weighted by Crippen LogP contribution is -2.51. The van der Waals surface area contributed by atoms with Crippen LogP contribution in [0.15, 0.2) is 18.2 Å². The number of urea groups is 1. The average Bonchev–Trinajstić information content (AvgIpc) is 2.51. The van der Waals surface area contributed by atoms with E-state index < -0.39 is 6.10 Å². The molecule has 2 atom stereocenters. The van der Waals surface area contributed by atoms with Crippen molar-refractivity contribution < 1.29 is 14.7 Å². The predicted molar refractivity (Wildman–Crippen MR) is 87.9 cm³/mol. The first-order valence-electron chi connectivity index (χ1n) is 7.60. The highest BCUT2D eigenvalue weighted by molar-refractivity contribution is 6.33. The number of aliphatic hydroxyl groups excluding tert-OH is 1. The van der Waals surface area contributed by atoms with Crippen LogP contribution < -0.4 is 20.9 Å². The van der Waals surface area contributed by atoms with Crippen molar-refractivity contribution in [3.63, 3.8) is 0 Å². The summed E-state index contributed by atoms with van der Waals surface area (Å²) in [6.45, 7) is 1.55. The number of nitrogens with zero attached hydrogens (tertiary/aromatic N) is 1. The molecule has 0 spiro atoms. The van der Waals surface area contributed by atoms with Crippen molar-refractivity contribution in [1.82, 2.24) is 10.6 Å². The van der Waals surface area contributed by atoms with Gasteiger partial charge in [-0.2, -0.15) is 0 Å². The molecule has 0 bridgehead atoms. The normalized spacial score (nSPS) is 23.7. The number of rotatable bonds is 3. The largest absolute Gasteiger partial charge is 0.391 e. The second-order valence-electron chi connectivity index (χ2n) is 5.79. The molecule has 1 aromatic carbocycles. The van der Waals surface area contributed by atoms with Crippen LogP contribution in [0.3, 0.4) is 0 Å². The Balaban J connectivity index is 1.62. The Hall–Kier alpha value is -1.99. The van der Waals surface area contributed by atoms with Crippen LogP contribution in [0.2, 0.25) is 5.02 Å². The second kappa shape index (κ2) is 6.64. The van der Waals surface area contributed by atoms with Crippen LogP contribution in [0, 0.1) is 0 Å². The molecule has 4 N–H and O–H groups in total. The van der Waals surface area contributed by atoms with E-state index in [1.807, 2.05) is 4.90 Å². The monoisotopic (exact) mass is 338 g/mol. The third kappa shape index (κ3) is 3.68. The van der Waals surface area contributed by atoms with Gasteiger partial charge in [-0.1, -0.05) is 11.6 Å². The number of carbonyl (C=O) groups is 2. The van der Waals surface area contributed by atoms with Crippen molar-refractivity contribution >= 4 is 34.9 Å². The molecule has 1 aliphatic carbocycles. The highest BCUT2D eigenvalue weighted by Crippen LogP contribution is 2.29. The maximum Gasteiger partial charge on any atom is 0.319 e. The molecule has 1 aliphatic heterocycles. The lowest BCUT2D eigenvalue weighted by Gasteiger charge is -2.32.